The van der Waals surface area contributed by atoms with Crippen LogP contribution in [0.4, 0.5) is 0 Å². The lowest BCUT2D eigenvalue weighted by Gasteiger charge is -2.07. The Morgan fingerprint density at radius 3 is 1.46 bits per heavy atom. The number of pyridine rings is 7. The van der Waals surface area contributed by atoms with Gasteiger partial charge in [-0.3, -0.25) is 0 Å². The normalized spacial score (nSPS) is 10.4. The number of para-hydroxylation sites is 1. The fraction of sp³-hybridized carbons (Fsp3) is 0.0460. The average Bonchev–Trinajstić information content (AvgIpc) is 0.807. The van der Waals surface area contributed by atoms with Crippen LogP contribution < -0.4 is 57.5 Å². The van der Waals surface area contributed by atoms with Crippen molar-refractivity contribution in [3.05, 3.63) is 371 Å². The first kappa shape index (κ1) is 70.2. The van der Waals surface area contributed by atoms with E-state index < -0.39 is 0 Å². The molecule has 14 nitrogen and oxygen atoms in total. The summed E-state index contributed by atoms with van der Waals surface area (Å²) in [6, 6.07) is 89.7. The number of benzene rings is 9. The van der Waals surface area contributed by atoms with Crippen LogP contribution in [0.3, 0.4) is 0 Å². The molecule has 0 fully saturated rings. The van der Waals surface area contributed by atoms with Crippen LogP contribution in [0.2, 0.25) is 0 Å². The summed E-state index contributed by atoms with van der Waals surface area (Å²) in [6.45, 7) is 0. The Morgan fingerprint density at radius 2 is 0.832 bits per heavy atom. The average molecular weight is 1330 g/mol. The van der Waals surface area contributed by atoms with Crippen LogP contribution in [0, 0.1) is 0 Å². The first-order valence-corrected chi connectivity index (χ1v) is 32.5. The van der Waals surface area contributed by atoms with Crippen molar-refractivity contribution in [1.82, 2.24) is 0 Å². The molecular weight excluding hydrogens is 1250 g/mol. The Morgan fingerprint density at radius 1 is 0.317 bits per heavy atom. The Bertz CT molecular complexity index is 5230. The van der Waals surface area contributed by atoms with Gasteiger partial charge >= 0.3 is 0 Å². The Kier molecular flexibility index (Phi) is 24.3. The van der Waals surface area contributed by atoms with E-state index in [4.69, 9.17) is 0 Å². The van der Waals surface area contributed by atoms with Gasteiger partial charge in [-0.15, -0.1) is 23.0 Å². The highest BCUT2D eigenvalue weighted by Gasteiger charge is 2.13. The minimum atomic E-state index is 0.0413. The molecular formula is C87H75N7O7+2. The molecule has 2 N–H and O–H groups in total. The monoisotopic (exact) mass is 1330 g/mol. The van der Waals surface area contributed by atoms with E-state index >= 15 is 0 Å². The predicted octanol–water partition coefficient (Wildman–Crippen LogP) is 11.2. The van der Waals surface area contributed by atoms with Gasteiger partial charge in [0.1, 0.15) is 39.7 Å². The molecule has 7 heterocycles. The van der Waals surface area contributed by atoms with E-state index in [2.05, 4.69) is 28.8 Å². The molecule has 0 saturated carbocycles. The molecule has 9 aromatic carbocycles. The zero-order chi connectivity index (χ0) is 70.9. The fourth-order valence-electron chi connectivity index (χ4n) is 10.9. The maximum Gasteiger partial charge on any atom is 0.218 e. The van der Waals surface area contributed by atoms with Crippen molar-refractivity contribution in [2.45, 2.75) is 0 Å². The van der Waals surface area contributed by atoms with E-state index in [0.717, 1.165) is 82.8 Å². The van der Waals surface area contributed by atoms with Gasteiger partial charge in [-0.2, -0.15) is 13.7 Å². The molecule has 0 saturated heterocycles. The van der Waals surface area contributed by atoms with E-state index in [1.807, 2.05) is 318 Å². The lowest BCUT2D eigenvalue weighted by atomic mass is 10.1. The number of aromatic hydroxyl groups is 2. The zero-order valence-corrected chi connectivity index (χ0v) is 56.3. The summed E-state index contributed by atoms with van der Waals surface area (Å²) in [5.41, 5.74) is 9.26. The second-order valence-electron chi connectivity index (χ2n) is 23.2. The second-order valence-corrected chi connectivity index (χ2v) is 23.2. The van der Waals surface area contributed by atoms with Gasteiger partial charge in [0.2, 0.25) is 33.8 Å². The molecule has 16 rings (SSSR count). The summed E-state index contributed by atoms with van der Waals surface area (Å²) in [5.74, 6) is 0.929. The standard InChI is InChI=1S/C17H13NO.C15H11NO.C14H13NO.C11H9NO.3C10H9NO/c19-17-10-6-15(7-11-17)14-4-8-16(9-5-14)18-12-2-1-3-13-18;17-15-9-8-14(16-10-4-1-5-11-16)12-6-2-3-7-13(12)15;1-15-10-3-2-6-13(15)9-8-12-5-4-7-14(16)11-12;13-11-6-4-10(5-7-11)12-8-2-1-3-9-12;1-11-7-3-5-8-4-2-6-9(12)10(8)11;1-11-6-2-3-8-7-9(12)4-5-10(8)11;1-11-6-5-9-8(7-11)3-2-4-10(9)12/h1-13H;1-11H;2-11H,1H3;1-9H;3*2-7H,1H3/p+2/b;;9-8+;;;;. The minimum Gasteiger partial charge on any atom is -0.872 e. The summed E-state index contributed by atoms with van der Waals surface area (Å²) in [6.07, 6.45) is 25.5. The van der Waals surface area contributed by atoms with E-state index in [1.165, 1.54) is 0 Å². The van der Waals surface area contributed by atoms with Crippen LogP contribution in [0.5, 0.6) is 40.2 Å². The molecule has 0 amide bonds. The third-order valence-corrected chi connectivity index (χ3v) is 16.1. The molecule has 0 bridgehead atoms. The van der Waals surface area contributed by atoms with Gasteiger partial charge in [-0.1, -0.05) is 121 Å². The molecule has 0 aliphatic rings. The van der Waals surface area contributed by atoms with Crippen molar-refractivity contribution in [3.8, 4) is 68.4 Å². The van der Waals surface area contributed by atoms with E-state index in [-0.39, 0.29) is 28.7 Å². The van der Waals surface area contributed by atoms with Gasteiger partial charge in [0.15, 0.2) is 68.2 Å². The SMILES string of the molecule is C[n+]1ccc2c([O-])cccc2c1.C[n+]1cccc2cc(O)ccc21.C[n+]1cccc2cccc([O-])c21.C[n+]1ccccc1/C=C/c1cccc([O-])c1.Oc1ccc(-[n+]2ccccc2)c2ccccc12.[O-]c1ccc(-[n+]2ccccc2)cc1.[O-]c1ccc(-c2ccc(-[n+]3ccccc3)cc2)cc1. The van der Waals surface area contributed by atoms with Gasteiger partial charge in [0.05, 0.1) is 5.39 Å². The molecule has 101 heavy (non-hydrogen) atoms. The van der Waals surface area contributed by atoms with Crippen LogP contribution in [0.15, 0.2) is 359 Å². The molecule has 498 valence electrons. The number of fused-ring (bicyclic) bond motifs is 4. The van der Waals surface area contributed by atoms with Gasteiger partial charge < -0.3 is 35.7 Å². The number of phenolic OH excluding ortho intramolecular Hbond substituents is 2. The van der Waals surface area contributed by atoms with Crippen molar-refractivity contribution in [2.75, 3.05) is 0 Å². The quantitative estimate of drug-likeness (QED) is 0.155. The minimum absolute atomic E-state index is 0.0413. The smallest absolute Gasteiger partial charge is 0.218 e. The summed E-state index contributed by atoms with van der Waals surface area (Å²) in [7, 11) is 7.80. The number of nitrogens with zero attached hydrogens (tertiary/aromatic N) is 7. The van der Waals surface area contributed by atoms with Crippen LogP contribution in [-0.4, -0.2) is 10.2 Å². The highest BCUT2D eigenvalue weighted by molar-refractivity contribution is 5.93. The van der Waals surface area contributed by atoms with E-state index in [0.29, 0.717) is 11.5 Å². The highest BCUT2D eigenvalue weighted by atomic mass is 16.3. The molecule has 0 unspecified atom stereocenters. The first-order valence-electron chi connectivity index (χ1n) is 32.5. The lowest BCUT2D eigenvalue weighted by Crippen LogP contribution is -2.30. The Hall–Kier alpha value is -13.6. The van der Waals surface area contributed by atoms with Gasteiger partial charge in [-0.05, 0) is 101 Å². The third kappa shape index (κ3) is 19.8. The van der Waals surface area contributed by atoms with Gasteiger partial charge in [0.25, 0.3) is 0 Å². The number of rotatable bonds is 6. The van der Waals surface area contributed by atoms with Crippen LogP contribution in [-0.2, 0) is 28.2 Å². The summed E-state index contributed by atoms with van der Waals surface area (Å²) in [5, 5.41) is 80.5. The predicted molar refractivity (Wildman–Crippen MR) is 386 cm³/mol. The maximum absolute atomic E-state index is 11.4. The van der Waals surface area contributed by atoms with Gasteiger partial charge in [0, 0.05) is 131 Å². The van der Waals surface area contributed by atoms with Crippen LogP contribution in [0.25, 0.3) is 83.7 Å². The first-order chi connectivity index (χ1) is 49.1. The van der Waals surface area contributed by atoms with E-state index in [1.54, 1.807) is 84.9 Å². The summed E-state index contributed by atoms with van der Waals surface area (Å²) < 4.78 is 13.9. The van der Waals surface area contributed by atoms with Crippen molar-refractivity contribution in [3.63, 3.8) is 0 Å². The van der Waals surface area contributed by atoms with E-state index in [9.17, 15) is 35.7 Å². The number of hydrogen-bond donors (Lipinski definition) is 2. The maximum atomic E-state index is 11.4. The third-order valence-electron chi connectivity index (χ3n) is 16.1. The second kappa shape index (κ2) is 34.9. The van der Waals surface area contributed by atoms with Crippen LogP contribution >= 0.6 is 0 Å². The summed E-state index contributed by atoms with van der Waals surface area (Å²) >= 11 is 0. The summed E-state index contributed by atoms with van der Waals surface area (Å²) in [4.78, 5) is 0. The lowest BCUT2D eigenvalue weighted by molar-refractivity contribution is -0.673. The zero-order valence-electron chi connectivity index (χ0n) is 56.3. The molecule has 0 aliphatic carbocycles. The Balaban J connectivity index is 0.000000128. The van der Waals surface area contributed by atoms with Crippen molar-refractivity contribution < 1.29 is 67.7 Å². The molecule has 0 spiro atoms. The largest absolute Gasteiger partial charge is 0.872 e. The topological polar surface area (TPSA) is 183 Å². The molecule has 16 aromatic rings. The number of hydrogen-bond acceptors (Lipinski definition) is 7. The molecule has 14 heteroatoms. The number of aromatic nitrogens is 7. The molecule has 0 atom stereocenters. The number of phenols is 2. The molecule has 7 aromatic heterocycles. The van der Waals surface area contributed by atoms with Gasteiger partial charge in [-0.25, -0.2) is 18.3 Å². The fourth-order valence-corrected chi connectivity index (χ4v) is 10.9. The Labute approximate surface area is 587 Å². The number of aryl methyl sites for hydroxylation is 4. The molecule has 0 aliphatic heterocycles. The van der Waals surface area contributed by atoms with Crippen LogP contribution in [0.1, 0.15) is 11.3 Å². The highest BCUT2D eigenvalue weighted by Crippen LogP contribution is 2.28. The molecule has 0 radical (unpaired) electrons. The van der Waals surface area contributed by atoms with Crippen molar-refractivity contribution in [1.29, 1.82) is 0 Å². The van der Waals surface area contributed by atoms with Crippen molar-refractivity contribution >= 4 is 55.5 Å². The van der Waals surface area contributed by atoms with Crippen molar-refractivity contribution in [2.24, 2.45) is 28.2 Å².